The summed E-state index contributed by atoms with van der Waals surface area (Å²) in [5.74, 6) is -0.923. The van der Waals surface area contributed by atoms with E-state index in [1.54, 1.807) is 0 Å². The van der Waals surface area contributed by atoms with Crippen molar-refractivity contribution in [3.05, 3.63) is 97.2 Å². The van der Waals surface area contributed by atoms with Crippen LogP contribution in [0.1, 0.15) is 278 Å². The Bertz CT molecular complexity index is 1410. The maximum absolute atomic E-state index is 12.9. The normalized spacial score (nSPS) is 12.8. The lowest BCUT2D eigenvalue weighted by molar-refractivity contribution is -0.167. The van der Waals surface area contributed by atoms with Crippen LogP contribution in [-0.4, -0.2) is 37.2 Å². The molecule has 0 aromatic heterocycles. The summed E-state index contributed by atoms with van der Waals surface area (Å²) < 4.78 is 16.9. The highest BCUT2D eigenvalue weighted by atomic mass is 16.6. The molecule has 0 saturated carbocycles. The second-order valence-corrected chi connectivity index (χ2v) is 19.5. The summed E-state index contributed by atoms with van der Waals surface area (Å²) in [5, 5.41) is 0. The predicted molar refractivity (Wildman–Crippen MR) is 307 cm³/mol. The third-order valence-corrected chi connectivity index (χ3v) is 12.5. The van der Waals surface area contributed by atoms with Crippen LogP contribution in [0, 0.1) is 0 Å². The minimum atomic E-state index is -0.798. The van der Waals surface area contributed by atoms with Crippen molar-refractivity contribution in [3.8, 4) is 0 Å². The fraction of sp³-hybridized carbons (Fsp3) is 0.708. The standard InChI is InChI=1S/C65H110O6/c1-4-7-10-13-16-19-22-25-28-31-32-35-37-40-43-46-49-52-55-58-64(67)70-61-62(71-65(68)59-56-53-50-47-44-41-38-34-30-27-24-21-18-15-12-9-6-3)60-69-63(66)57-54-51-48-45-42-39-36-33-29-26-23-20-17-14-11-8-5-2/h9,12,16-21,25-30,38,41,62H,4-8,10-11,13-15,22-24,31-37,39-40,42-61H2,1-3H3/b12-9-,19-16-,20-17-,21-18-,28-25-,29-26-,30-27-,41-38-/t62-/m0/s1. The Morgan fingerprint density at radius 3 is 0.859 bits per heavy atom. The van der Waals surface area contributed by atoms with Crippen molar-refractivity contribution in [2.45, 2.75) is 284 Å². The van der Waals surface area contributed by atoms with Crippen LogP contribution in [0.4, 0.5) is 0 Å². The Hall–Kier alpha value is -3.67. The Balaban J connectivity index is 4.44. The lowest BCUT2D eigenvalue weighted by Crippen LogP contribution is -2.30. The highest BCUT2D eigenvalue weighted by Crippen LogP contribution is 2.15. The monoisotopic (exact) mass is 987 g/mol. The van der Waals surface area contributed by atoms with E-state index >= 15 is 0 Å². The molecule has 0 saturated heterocycles. The number of ether oxygens (including phenoxy) is 3. The molecule has 0 bridgehead atoms. The highest BCUT2D eigenvalue weighted by Gasteiger charge is 2.19. The molecule has 0 heterocycles. The van der Waals surface area contributed by atoms with Crippen LogP contribution in [0.2, 0.25) is 0 Å². The number of hydrogen-bond donors (Lipinski definition) is 0. The smallest absolute Gasteiger partial charge is 0.306 e. The zero-order valence-electron chi connectivity index (χ0n) is 46.5. The van der Waals surface area contributed by atoms with Gasteiger partial charge in [-0.05, 0) is 122 Å². The first-order valence-corrected chi connectivity index (χ1v) is 29.7. The van der Waals surface area contributed by atoms with Crippen molar-refractivity contribution in [2.75, 3.05) is 13.2 Å². The number of carbonyl (C=O) groups is 3. The summed E-state index contributed by atoms with van der Waals surface area (Å²) in [6.45, 7) is 6.46. The molecule has 0 fully saturated rings. The molecule has 0 aliphatic carbocycles. The second kappa shape index (κ2) is 58.9. The molecule has 0 spiro atoms. The number of esters is 3. The predicted octanol–water partition coefficient (Wildman–Crippen LogP) is 20.1. The third-order valence-electron chi connectivity index (χ3n) is 12.5. The van der Waals surface area contributed by atoms with E-state index in [1.165, 1.54) is 122 Å². The molecular formula is C65H110O6. The van der Waals surface area contributed by atoms with Crippen molar-refractivity contribution in [3.63, 3.8) is 0 Å². The molecule has 71 heavy (non-hydrogen) atoms. The van der Waals surface area contributed by atoms with Crippen LogP contribution in [-0.2, 0) is 28.6 Å². The van der Waals surface area contributed by atoms with Crippen molar-refractivity contribution in [2.24, 2.45) is 0 Å². The zero-order valence-corrected chi connectivity index (χ0v) is 46.5. The quantitative estimate of drug-likeness (QED) is 0.0261. The molecule has 0 unspecified atom stereocenters. The second-order valence-electron chi connectivity index (χ2n) is 19.5. The average molecular weight is 988 g/mol. The zero-order chi connectivity index (χ0) is 51.4. The number of hydrogen-bond acceptors (Lipinski definition) is 6. The molecule has 1 atom stereocenters. The molecule has 406 valence electrons. The first-order chi connectivity index (χ1) is 35.0. The van der Waals surface area contributed by atoms with E-state index in [1.807, 2.05) is 0 Å². The van der Waals surface area contributed by atoms with Crippen molar-refractivity contribution >= 4 is 17.9 Å². The van der Waals surface area contributed by atoms with E-state index in [0.717, 1.165) is 116 Å². The fourth-order valence-electron chi connectivity index (χ4n) is 8.08. The van der Waals surface area contributed by atoms with Gasteiger partial charge >= 0.3 is 17.9 Å². The van der Waals surface area contributed by atoms with Gasteiger partial charge < -0.3 is 14.2 Å². The first-order valence-electron chi connectivity index (χ1n) is 29.7. The first kappa shape index (κ1) is 67.3. The van der Waals surface area contributed by atoms with Gasteiger partial charge in [-0.25, -0.2) is 0 Å². The molecular weight excluding hydrogens is 877 g/mol. The van der Waals surface area contributed by atoms with Gasteiger partial charge in [0.25, 0.3) is 0 Å². The van der Waals surface area contributed by atoms with Crippen LogP contribution in [0.3, 0.4) is 0 Å². The minimum absolute atomic E-state index is 0.0926. The SMILES string of the molecule is CC/C=C\C/C=C\C/C=C\C/C=C\CCCCCCC(=O)O[C@@H](COC(=O)CCCCCCCCC/C=C\C/C=C\CCCCC)COC(=O)CCCCCCCCCCC/C=C\C/C=C\CCCCC. The highest BCUT2D eigenvalue weighted by molar-refractivity contribution is 5.71. The van der Waals surface area contributed by atoms with Gasteiger partial charge in [-0.1, -0.05) is 234 Å². The molecule has 0 amide bonds. The largest absolute Gasteiger partial charge is 0.462 e. The molecule has 0 rings (SSSR count). The number of carbonyl (C=O) groups excluding carboxylic acids is 3. The summed E-state index contributed by atoms with van der Waals surface area (Å²) in [4.78, 5) is 38.2. The molecule has 0 aromatic rings. The van der Waals surface area contributed by atoms with Gasteiger partial charge in [-0.2, -0.15) is 0 Å². The molecule has 0 N–H and O–H groups in total. The summed E-state index contributed by atoms with van der Waals surface area (Å²) in [5.41, 5.74) is 0. The molecule has 0 radical (unpaired) electrons. The summed E-state index contributed by atoms with van der Waals surface area (Å²) in [7, 11) is 0. The van der Waals surface area contributed by atoms with Gasteiger partial charge in [0, 0.05) is 19.3 Å². The van der Waals surface area contributed by atoms with Gasteiger partial charge in [0.05, 0.1) is 0 Å². The molecule has 6 heteroatoms. The minimum Gasteiger partial charge on any atom is -0.462 e. The van der Waals surface area contributed by atoms with E-state index in [4.69, 9.17) is 14.2 Å². The molecule has 0 aromatic carbocycles. The van der Waals surface area contributed by atoms with Gasteiger partial charge in [0.2, 0.25) is 0 Å². The van der Waals surface area contributed by atoms with E-state index < -0.39 is 6.10 Å². The Morgan fingerprint density at radius 2 is 0.549 bits per heavy atom. The van der Waals surface area contributed by atoms with Crippen LogP contribution < -0.4 is 0 Å². The van der Waals surface area contributed by atoms with Crippen LogP contribution >= 0.6 is 0 Å². The molecule has 6 nitrogen and oxygen atoms in total. The van der Waals surface area contributed by atoms with Crippen molar-refractivity contribution in [1.29, 1.82) is 0 Å². The average Bonchev–Trinajstić information content (AvgIpc) is 3.37. The van der Waals surface area contributed by atoms with E-state index in [9.17, 15) is 14.4 Å². The Kier molecular flexibility index (Phi) is 55.9. The van der Waals surface area contributed by atoms with Gasteiger partial charge in [-0.15, -0.1) is 0 Å². The van der Waals surface area contributed by atoms with Crippen molar-refractivity contribution < 1.29 is 28.6 Å². The summed E-state index contributed by atoms with van der Waals surface area (Å²) in [6.07, 6.45) is 78.2. The van der Waals surface area contributed by atoms with E-state index in [2.05, 4.69) is 118 Å². The third kappa shape index (κ3) is 57.1. The van der Waals surface area contributed by atoms with Crippen molar-refractivity contribution in [1.82, 2.24) is 0 Å². The molecule has 0 aliphatic rings. The fourth-order valence-corrected chi connectivity index (χ4v) is 8.08. The van der Waals surface area contributed by atoms with Gasteiger partial charge in [0.1, 0.15) is 13.2 Å². The van der Waals surface area contributed by atoms with Gasteiger partial charge in [-0.3, -0.25) is 14.4 Å². The topological polar surface area (TPSA) is 78.9 Å². The van der Waals surface area contributed by atoms with Crippen LogP contribution in [0.25, 0.3) is 0 Å². The van der Waals surface area contributed by atoms with E-state index in [0.29, 0.717) is 19.3 Å². The molecule has 0 aliphatic heterocycles. The number of rotatable bonds is 53. The van der Waals surface area contributed by atoms with Crippen LogP contribution in [0.15, 0.2) is 97.2 Å². The lowest BCUT2D eigenvalue weighted by Gasteiger charge is -2.18. The number of unbranched alkanes of at least 4 members (excludes halogenated alkanes) is 26. The van der Waals surface area contributed by atoms with Crippen LogP contribution in [0.5, 0.6) is 0 Å². The lowest BCUT2D eigenvalue weighted by atomic mass is 10.1. The number of allylic oxidation sites excluding steroid dienone is 16. The summed E-state index contributed by atoms with van der Waals surface area (Å²) >= 11 is 0. The summed E-state index contributed by atoms with van der Waals surface area (Å²) in [6, 6.07) is 0. The van der Waals surface area contributed by atoms with Gasteiger partial charge in [0.15, 0.2) is 6.10 Å². The maximum Gasteiger partial charge on any atom is 0.306 e. The maximum atomic E-state index is 12.9. The Labute approximate surface area is 438 Å². The Morgan fingerprint density at radius 1 is 0.296 bits per heavy atom. The van der Waals surface area contributed by atoms with E-state index in [-0.39, 0.29) is 31.1 Å².